The van der Waals surface area contributed by atoms with Crippen LogP contribution in [-0.4, -0.2) is 11.5 Å². The molecule has 15 heavy (non-hydrogen) atoms. The summed E-state index contributed by atoms with van der Waals surface area (Å²) in [5.41, 5.74) is 6.65. The third-order valence-electron chi connectivity index (χ3n) is 2.43. The fourth-order valence-corrected chi connectivity index (χ4v) is 2.06. The molecule has 1 aromatic carbocycles. The van der Waals surface area contributed by atoms with Gasteiger partial charge in [-0.3, -0.25) is 4.98 Å². The summed E-state index contributed by atoms with van der Waals surface area (Å²) in [6.45, 7) is 0.717. The monoisotopic (exact) mass is 264 g/mol. The first-order chi connectivity index (χ1) is 7.31. The summed E-state index contributed by atoms with van der Waals surface area (Å²) in [5.74, 6) is 0. The lowest BCUT2D eigenvalue weighted by Crippen LogP contribution is -2.01. The first kappa shape index (κ1) is 10.6. The van der Waals surface area contributed by atoms with Gasteiger partial charge in [0.25, 0.3) is 0 Å². The van der Waals surface area contributed by atoms with Gasteiger partial charge in [-0.15, -0.1) is 0 Å². The van der Waals surface area contributed by atoms with Crippen molar-refractivity contribution in [3.8, 4) is 0 Å². The van der Waals surface area contributed by atoms with Crippen LogP contribution in [0.3, 0.4) is 0 Å². The molecule has 0 saturated carbocycles. The Labute approximate surface area is 97.6 Å². The predicted octanol–water partition coefficient (Wildman–Crippen LogP) is 2.89. The van der Waals surface area contributed by atoms with Gasteiger partial charge in [0.1, 0.15) is 0 Å². The average molecular weight is 265 g/mol. The fraction of sp³-hybridized carbons (Fsp3) is 0.250. The highest BCUT2D eigenvalue weighted by Gasteiger charge is 2.01. The fourth-order valence-electron chi connectivity index (χ4n) is 1.68. The minimum absolute atomic E-state index is 0.717. The molecule has 1 aromatic heterocycles. The zero-order chi connectivity index (χ0) is 10.7. The number of aromatic nitrogens is 1. The molecule has 0 unspecified atom stereocenters. The lowest BCUT2D eigenvalue weighted by molar-refractivity contribution is 0.817. The van der Waals surface area contributed by atoms with E-state index in [0.717, 1.165) is 23.0 Å². The number of nitrogens with zero attached hydrogens (tertiary/aromatic N) is 1. The predicted molar refractivity (Wildman–Crippen MR) is 66.8 cm³/mol. The maximum Gasteiger partial charge on any atom is 0.0482 e. The van der Waals surface area contributed by atoms with E-state index >= 15 is 0 Å². The van der Waals surface area contributed by atoms with Crippen molar-refractivity contribution >= 4 is 26.7 Å². The van der Waals surface area contributed by atoms with Crippen LogP contribution >= 0.6 is 15.9 Å². The van der Waals surface area contributed by atoms with Crippen LogP contribution in [0.15, 0.2) is 34.9 Å². The Hall–Kier alpha value is -0.930. The zero-order valence-corrected chi connectivity index (χ0v) is 10.00. The Morgan fingerprint density at radius 2 is 2.13 bits per heavy atom. The quantitative estimate of drug-likeness (QED) is 0.926. The molecule has 0 atom stereocenters. The van der Waals surface area contributed by atoms with E-state index in [0.29, 0.717) is 6.54 Å². The van der Waals surface area contributed by atoms with Crippen LogP contribution < -0.4 is 5.73 Å². The van der Waals surface area contributed by atoms with Crippen LogP contribution in [0.25, 0.3) is 10.8 Å². The van der Waals surface area contributed by atoms with Gasteiger partial charge >= 0.3 is 0 Å². The summed E-state index contributed by atoms with van der Waals surface area (Å²) in [6, 6.07) is 8.31. The molecule has 3 heteroatoms. The lowest BCUT2D eigenvalue weighted by Gasteiger charge is -2.04. The van der Waals surface area contributed by atoms with Gasteiger partial charge in [-0.2, -0.15) is 0 Å². The number of rotatable bonds is 3. The summed E-state index contributed by atoms with van der Waals surface area (Å²) < 4.78 is 1.10. The number of pyridine rings is 1. The van der Waals surface area contributed by atoms with E-state index in [1.807, 2.05) is 12.3 Å². The smallest absolute Gasteiger partial charge is 0.0482 e. The molecule has 0 radical (unpaired) electrons. The molecule has 2 aromatic rings. The normalized spacial score (nSPS) is 10.8. The molecule has 0 fully saturated rings. The Bertz CT molecular complexity index is 468. The molecule has 0 spiro atoms. The largest absolute Gasteiger partial charge is 0.330 e. The maximum absolute atomic E-state index is 5.51. The van der Waals surface area contributed by atoms with Gasteiger partial charge in [0.15, 0.2) is 0 Å². The van der Waals surface area contributed by atoms with Crippen molar-refractivity contribution in [3.05, 3.63) is 40.6 Å². The zero-order valence-electron chi connectivity index (χ0n) is 8.41. The third-order valence-corrected chi connectivity index (χ3v) is 2.92. The topological polar surface area (TPSA) is 38.9 Å². The minimum Gasteiger partial charge on any atom is -0.330 e. The molecule has 0 saturated heterocycles. The molecule has 0 aliphatic heterocycles. The summed E-state index contributed by atoms with van der Waals surface area (Å²) in [4.78, 5) is 4.40. The number of hydrogen-bond donors (Lipinski definition) is 1. The van der Waals surface area contributed by atoms with Crippen LogP contribution in [0.4, 0.5) is 0 Å². The Balaban J connectivity index is 2.46. The Morgan fingerprint density at radius 3 is 2.93 bits per heavy atom. The summed E-state index contributed by atoms with van der Waals surface area (Å²) in [6.07, 6.45) is 3.80. The van der Waals surface area contributed by atoms with E-state index in [9.17, 15) is 0 Å². The standard InChI is InChI=1S/C12H13BrN2/c13-10-3-4-11-9(8-10)5-7-15-12(11)2-1-6-14/h3-5,7-8H,1-2,6,14H2. The van der Waals surface area contributed by atoms with Crippen molar-refractivity contribution in [3.63, 3.8) is 0 Å². The second-order valence-corrected chi connectivity index (χ2v) is 4.43. The average Bonchev–Trinajstić information content (AvgIpc) is 2.25. The lowest BCUT2D eigenvalue weighted by atomic mass is 10.1. The van der Waals surface area contributed by atoms with E-state index in [1.54, 1.807) is 0 Å². The number of hydrogen-bond acceptors (Lipinski definition) is 2. The van der Waals surface area contributed by atoms with Gasteiger partial charge < -0.3 is 5.73 Å². The van der Waals surface area contributed by atoms with Gasteiger partial charge in [0.05, 0.1) is 0 Å². The van der Waals surface area contributed by atoms with E-state index in [4.69, 9.17) is 5.73 Å². The molecular weight excluding hydrogens is 252 g/mol. The molecule has 0 amide bonds. The Morgan fingerprint density at radius 1 is 1.27 bits per heavy atom. The van der Waals surface area contributed by atoms with Crippen molar-refractivity contribution in [2.75, 3.05) is 6.54 Å². The summed E-state index contributed by atoms with van der Waals surface area (Å²) >= 11 is 3.47. The third kappa shape index (κ3) is 2.36. The highest BCUT2D eigenvalue weighted by Crippen LogP contribution is 2.22. The van der Waals surface area contributed by atoms with E-state index < -0.39 is 0 Å². The van der Waals surface area contributed by atoms with Crippen LogP contribution in [0.1, 0.15) is 12.1 Å². The highest BCUT2D eigenvalue weighted by molar-refractivity contribution is 9.10. The molecule has 2 nitrogen and oxygen atoms in total. The molecule has 0 aliphatic carbocycles. The minimum atomic E-state index is 0.717. The van der Waals surface area contributed by atoms with Crippen molar-refractivity contribution < 1.29 is 0 Å². The van der Waals surface area contributed by atoms with Gasteiger partial charge in [-0.25, -0.2) is 0 Å². The Kier molecular flexibility index (Phi) is 3.34. The van der Waals surface area contributed by atoms with Crippen molar-refractivity contribution in [1.82, 2.24) is 4.98 Å². The second-order valence-electron chi connectivity index (χ2n) is 3.52. The number of benzene rings is 1. The van der Waals surface area contributed by atoms with Crippen molar-refractivity contribution in [2.24, 2.45) is 5.73 Å². The molecule has 2 N–H and O–H groups in total. The summed E-state index contributed by atoms with van der Waals surface area (Å²) in [7, 11) is 0. The number of nitrogens with two attached hydrogens (primary N) is 1. The highest BCUT2D eigenvalue weighted by atomic mass is 79.9. The number of aryl methyl sites for hydroxylation is 1. The van der Waals surface area contributed by atoms with Gasteiger partial charge in [-0.1, -0.05) is 22.0 Å². The molecule has 0 aliphatic rings. The van der Waals surface area contributed by atoms with E-state index in [2.05, 4.69) is 39.1 Å². The number of halogens is 1. The van der Waals surface area contributed by atoms with E-state index in [1.165, 1.54) is 10.8 Å². The van der Waals surface area contributed by atoms with Gasteiger partial charge in [-0.05, 0) is 43.0 Å². The first-order valence-corrected chi connectivity index (χ1v) is 5.84. The molecule has 1 heterocycles. The van der Waals surface area contributed by atoms with Crippen LogP contribution in [-0.2, 0) is 6.42 Å². The van der Waals surface area contributed by atoms with Gasteiger partial charge in [0.2, 0.25) is 0 Å². The molecule has 78 valence electrons. The first-order valence-electron chi connectivity index (χ1n) is 5.04. The van der Waals surface area contributed by atoms with Crippen LogP contribution in [0.5, 0.6) is 0 Å². The molecule has 0 bridgehead atoms. The molecular formula is C12H13BrN2. The van der Waals surface area contributed by atoms with Crippen molar-refractivity contribution in [2.45, 2.75) is 12.8 Å². The van der Waals surface area contributed by atoms with Crippen LogP contribution in [0, 0.1) is 0 Å². The summed E-state index contributed by atoms with van der Waals surface area (Å²) in [5, 5.41) is 2.46. The maximum atomic E-state index is 5.51. The van der Waals surface area contributed by atoms with Gasteiger partial charge in [0, 0.05) is 21.7 Å². The van der Waals surface area contributed by atoms with Crippen LogP contribution in [0.2, 0.25) is 0 Å². The molecule has 2 rings (SSSR count). The second kappa shape index (κ2) is 4.73. The number of fused-ring (bicyclic) bond motifs is 1. The SMILES string of the molecule is NCCCc1nccc2cc(Br)ccc12. The van der Waals surface area contributed by atoms with Crippen molar-refractivity contribution in [1.29, 1.82) is 0 Å². The van der Waals surface area contributed by atoms with E-state index in [-0.39, 0.29) is 0 Å².